The molecule has 0 amide bonds. The molecule has 1 heteroatoms. The average Bonchev–Trinajstić information content (AvgIpc) is 2.04. The Morgan fingerprint density at radius 3 is 2.31 bits per heavy atom. The largest absolute Gasteiger partial charge is 0.292 e. The monoisotopic (exact) mass is 175 g/mol. The van der Waals surface area contributed by atoms with Crippen molar-refractivity contribution in [3.63, 3.8) is 0 Å². The van der Waals surface area contributed by atoms with E-state index in [-0.39, 0.29) is 5.41 Å². The molecule has 0 unspecified atom stereocenters. The van der Waals surface area contributed by atoms with E-state index in [2.05, 4.69) is 37.9 Å². The molecule has 1 rings (SSSR count). The van der Waals surface area contributed by atoms with E-state index < -0.39 is 0 Å². The molecule has 0 bridgehead atoms. The van der Waals surface area contributed by atoms with Crippen LogP contribution in [0.15, 0.2) is 35.3 Å². The third-order valence-corrected chi connectivity index (χ3v) is 1.60. The Bertz CT molecular complexity index is 267. The van der Waals surface area contributed by atoms with Crippen molar-refractivity contribution in [3.05, 3.63) is 35.9 Å². The minimum Gasteiger partial charge on any atom is -0.292 e. The van der Waals surface area contributed by atoms with Gasteiger partial charge in [-0.05, 0) is 11.0 Å². The van der Waals surface area contributed by atoms with Crippen LogP contribution in [0.4, 0.5) is 0 Å². The number of nitrogens with zero attached hydrogens (tertiary/aromatic N) is 1. The molecule has 0 atom stereocenters. The van der Waals surface area contributed by atoms with Gasteiger partial charge in [0.2, 0.25) is 0 Å². The molecule has 1 nitrogen and oxygen atoms in total. The normalized spacial score (nSPS) is 12.2. The molecule has 0 saturated carbocycles. The zero-order valence-corrected chi connectivity index (χ0v) is 8.62. The van der Waals surface area contributed by atoms with Crippen LogP contribution in [0, 0.1) is 5.41 Å². The Kier molecular flexibility index (Phi) is 3.24. The minimum atomic E-state index is 0.189. The highest BCUT2D eigenvalue weighted by molar-refractivity contribution is 5.63. The standard InChI is InChI=1S/C12H17N/c1-12(2,3)10-13-9-11-7-5-4-6-8-11/h4-8,10H,9H2,1-3H3/b13-10+. The number of rotatable bonds is 2. The van der Waals surface area contributed by atoms with Gasteiger partial charge >= 0.3 is 0 Å². The van der Waals surface area contributed by atoms with Gasteiger partial charge in [-0.1, -0.05) is 51.1 Å². The van der Waals surface area contributed by atoms with Crippen molar-refractivity contribution >= 4 is 6.21 Å². The summed E-state index contributed by atoms with van der Waals surface area (Å²) in [5.74, 6) is 0. The molecule has 0 spiro atoms. The lowest BCUT2D eigenvalue weighted by Gasteiger charge is -2.09. The Morgan fingerprint density at radius 1 is 1.15 bits per heavy atom. The van der Waals surface area contributed by atoms with E-state index in [0.717, 1.165) is 6.54 Å². The Balaban J connectivity index is 2.49. The van der Waals surface area contributed by atoms with E-state index in [1.807, 2.05) is 24.4 Å². The van der Waals surface area contributed by atoms with Crippen LogP contribution >= 0.6 is 0 Å². The summed E-state index contributed by atoms with van der Waals surface area (Å²) in [4.78, 5) is 4.39. The summed E-state index contributed by atoms with van der Waals surface area (Å²) in [7, 11) is 0. The van der Waals surface area contributed by atoms with E-state index >= 15 is 0 Å². The predicted molar refractivity (Wildman–Crippen MR) is 58.1 cm³/mol. The second kappa shape index (κ2) is 4.22. The van der Waals surface area contributed by atoms with E-state index in [1.165, 1.54) is 5.56 Å². The van der Waals surface area contributed by atoms with Crippen molar-refractivity contribution in [2.45, 2.75) is 27.3 Å². The Labute approximate surface area is 80.5 Å². The maximum Gasteiger partial charge on any atom is 0.0636 e. The molecule has 0 saturated heterocycles. The molecule has 0 N–H and O–H groups in total. The third-order valence-electron chi connectivity index (χ3n) is 1.60. The third kappa shape index (κ3) is 4.46. The van der Waals surface area contributed by atoms with Gasteiger partial charge in [0.1, 0.15) is 0 Å². The summed E-state index contributed by atoms with van der Waals surface area (Å²) in [6.07, 6.45) is 2.01. The zero-order valence-electron chi connectivity index (χ0n) is 8.62. The van der Waals surface area contributed by atoms with Crippen LogP contribution < -0.4 is 0 Å². The molecular formula is C12H17N. The summed E-state index contributed by atoms with van der Waals surface area (Å²) in [5, 5.41) is 0. The minimum absolute atomic E-state index is 0.189. The van der Waals surface area contributed by atoms with Crippen LogP contribution in [0.5, 0.6) is 0 Å². The Hall–Kier alpha value is -1.11. The Morgan fingerprint density at radius 2 is 1.77 bits per heavy atom. The highest BCUT2D eigenvalue weighted by Gasteiger charge is 2.03. The highest BCUT2D eigenvalue weighted by atomic mass is 14.7. The zero-order chi connectivity index (χ0) is 9.73. The first kappa shape index (κ1) is 9.97. The molecule has 70 valence electrons. The number of benzene rings is 1. The molecular weight excluding hydrogens is 158 g/mol. The fourth-order valence-electron chi connectivity index (χ4n) is 1.01. The van der Waals surface area contributed by atoms with Crippen LogP contribution in [0.2, 0.25) is 0 Å². The second-order valence-corrected chi connectivity index (χ2v) is 4.32. The quantitative estimate of drug-likeness (QED) is 0.611. The SMILES string of the molecule is CC(C)(C)/C=N/Cc1ccccc1. The molecule has 0 aliphatic heterocycles. The molecule has 0 aliphatic carbocycles. The van der Waals surface area contributed by atoms with Gasteiger partial charge in [0.15, 0.2) is 0 Å². The van der Waals surface area contributed by atoms with E-state index in [0.29, 0.717) is 0 Å². The van der Waals surface area contributed by atoms with Gasteiger partial charge in [-0.2, -0.15) is 0 Å². The molecule has 13 heavy (non-hydrogen) atoms. The summed E-state index contributed by atoms with van der Waals surface area (Å²) in [6, 6.07) is 10.3. The van der Waals surface area contributed by atoms with Crippen molar-refractivity contribution in [1.29, 1.82) is 0 Å². The fraction of sp³-hybridized carbons (Fsp3) is 0.417. The first-order chi connectivity index (χ1) is 6.08. The van der Waals surface area contributed by atoms with Crippen LogP contribution in [0.3, 0.4) is 0 Å². The van der Waals surface area contributed by atoms with E-state index in [9.17, 15) is 0 Å². The smallest absolute Gasteiger partial charge is 0.0636 e. The maximum atomic E-state index is 4.39. The van der Waals surface area contributed by atoms with Gasteiger partial charge in [-0.3, -0.25) is 4.99 Å². The highest BCUT2D eigenvalue weighted by Crippen LogP contribution is 2.09. The van der Waals surface area contributed by atoms with Crippen molar-refractivity contribution in [2.24, 2.45) is 10.4 Å². The lowest BCUT2D eigenvalue weighted by atomic mass is 9.99. The first-order valence-corrected chi connectivity index (χ1v) is 4.63. The second-order valence-electron chi connectivity index (χ2n) is 4.32. The van der Waals surface area contributed by atoms with Gasteiger partial charge in [-0.25, -0.2) is 0 Å². The predicted octanol–water partition coefficient (Wildman–Crippen LogP) is 3.30. The first-order valence-electron chi connectivity index (χ1n) is 4.63. The van der Waals surface area contributed by atoms with E-state index in [1.54, 1.807) is 0 Å². The maximum absolute atomic E-state index is 4.39. The molecule has 1 aromatic carbocycles. The average molecular weight is 175 g/mol. The summed E-state index contributed by atoms with van der Waals surface area (Å²) in [5.41, 5.74) is 1.46. The number of aliphatic imine (C=N–C) groups is 1. The van der Waals surface area contributed by atoms with Gasteiger partial charge in [0.05, 0.1) is 6.54 Å². The lowest BCUT2D eigenvalue weighted by Crippen LogP contribution is -2.06. The van der Waals surface area contributed by atoms with E-state index in [4.69, 9.17) is 0 Å². The molecule has 0 radical (unpaired) electrons. The molecule has 0 fully saturated rings. The van der Waals surface area contributed by atoms with Crippen LogP contribution in [0.25, 0.3) is 0 Å². The molecule has 1 aromatic rings. The molecule has 0 aromatic heterocycles. The summed E-state index contributed by atoms with van der Waals surface area (Å²) >= 11 is 0. The topological polar surface area (TPSA) is 12.4 Å². The lowest BCUT2D eigenvalue weighted by molar-refractivity contribution is 0.604. The van der Waals surface area contributed by atoms with Crippen molar-refractivity contribution in [3.8, 4) is 0 Å². The van der Waals surface area contributed by atoms with Gasteiger partial charge in [0, 0.05) is 6.21 Å². The van der Waals surface area contributed by atoms with Crippen molar-refractivity contribution in [2.75, 3.05) is 0 Å². The number of hydrogen-bond acceptors (Lipinski definition) is 1. The fourth-order valence-corrected chi connectivity index (χ4v) is 1.01. The summed E-state index contributed by atoms with van der Waals surface area (Å²) in [6.45, 7) is 7.25. The van der Waals surface area contributed by atoms with Crippen LogP contribution in [-0.2, 0) is 6.54 Å². The molecule has 0 heterocycles. The molecule has 0 aliphatic rings. The number of hydrogen-bond donors (Lipinski definition) is 0. The van der Waals surface area contributed by atoms with Crippen LogP contribution in [0.1, 0.15) is 26.3 Å². The summed E-state index contributed by atoms with van der Waals surface area (Å²) < 4.78 is 0. The van der Waals surface area contributed by atoms with Gasteiger partial charge in [-0.15, -0.1) is 0 Å². The van der Waals surface area contributed by atoms with Crippen molar-refractivity contribution in [1.82, 2.24) is 0 Å². The van der Waals surface area contributed by atoms with Gasteiger partial charge in [0.25, 0.3) is 0 Å². The van der Waals surface area contributed by atoms with Crippen LogP contribution in [-0.4, -0.2) is 6.21 Å². The van der Waals surface area contributed by atoms with Gasteiger partial charge < -0.3 is 0 Å². The van der Waals surface area contributed by atoms with Crippen molar-refractivity contribution < 1.29 is 0 Å².